The Balaban J connectivity index is 1.62. The van der Waals surface area contributed by atoms with Gasteiger partial charge in [0.15, 0.2) is 4.34 Å². The van der Waals surface area contributed by atoms with Gasteiger partial charge < -0.3 is 4.74 Å². The number of nitrogens with zero attached hydrogens (tertiary/aromatic N) is 4. The Hall–Kier alpha value is -2.60. The summed E-state index contributed by atoms with van der Waals surface area (Å²) in [7, 11) is 3.07. The van der Waals surface area contributed by atoms with E-state index in [1.54, 1.807) is 13.1 Å². The van der Waals surface area contributed by atoms with Crippen LogP contribution in [0.25, 0.3) is 0 Å². The maximum absolute atomic E-state index is 12.8. The summed E-state index contributed by atoms with van der Waals surface area (Å²) in [5.74, 6) is 0.0299. The molecule has 1 amide bonds. The number of halogens is 3. The average molecular weight is 429 g/mol. The fraction of sp³-hybridized carbons (Fsp3) is 0.250. The van der Waals surface area contributed by atoms with Gasteiger partial charge >= 0.3 is 6.18 Å². The lowest BCUT2D eigenvalue weighted by Crippen LogP contribution is -2.12. The van der Waals surface area contributed by atoms with E-state index in [1.807, 2.05) is 0 Å². The van der Waals surface area contributed by atoms with Crippen molar-refractivity contribution in [3.05, 3.63) is 47.2 Å². The van der Waals surface area contributed by atoms with Crippen molar-refractivity contribution in [2.75, 3.05) is 12.4 Å². The van der Waals surface area contributed by atoms with Crippen molar-refractivity contribution in [2.24, 2.45) is 7.05 Å². The van der Waals surface area contributed by atoms with E-state index in [1.165, 1.54) is 35.8 Å². The number of benzene rings is 1. The number of carbonyl (C=O) groups excluding carboxylic acids is 1. The molecule has 0 unspecified atom stereocenters. The van der Waals surface area contributed by atoms with Crippen LogP contribution in [0, 0.1) is 0 Å². The van der Waals surface area contributed by atoms with Gasteiger partial charge in [-0.3, -0.25) is 14.8 Å². The fourth-order valence-corrected chi connectivity index (χ4v) is 3.93. The minimum Gasteiger partial charge on any atom is -0.479 e. The molecule has 12 heteroatoms. The minimum atomic E-state index is -4.38. The quantitative estimate of drug-likeness (QED) is 0.474. The number of ether oxygens (including phenoxy) is 1. The molecule has 0 fully saturated rings. The molecule has 28 heavy (non-hydrogen) atoms. The molecule has 0 aliphatic heterocycles. The standard InChI is InChI=1S/C16H14F3N5O2S2/c1-24-7-11(13(23-24)26-2)12(25)20-14-21-22-15(28-14)27-8-9-4-3-5-10(6-9)16(17,18)19/h3-7H,8H2,1-2H3,(H,20,21,25). The number of methoxy groups -OCH3 is 1. The van der Waals surface area contributed by atoms with Gasteiger partial charge in [0.25, 0.3) is 5.91 Å². The molecule has 0 bridgehead atoms. The maximum Gasteiger partial charge on any atom is 0.416 e. The van der Waals surface area contributed by atoms with Gasteiger partial charge in [0.1, 0.15) is 5.56 Å². The Labute approximate surface area is 165 Å². The maximum atomic E-state index is 12.8. The lowest BCUT2D eigenvalue weighted by Gasteiger charge is -2.07. The van der Waals surface area contributed by atoms with Gasteiger partial charge in [-0.25, -0.2) is 0 Å². The number of rotatable bonds is 6. The molecule has 2 heterocycles. The van der Waals surface area contributed by atoms with E-state index in [4.69, 9.17) is 4.74 Å². The largest absolute Gasteiger partial charge is 0.479 e. The van der Waals surface area contributed by atoms with E-state index in [9.17, 15) is 18.0 Å². The number of amides is 1. The normalized spacial score (nSPS) is 11.5. The van der Waals surface area contributed by atoms with Crippen molar-refractivity contribution in [1.29, 1.82) is 0 Å². The van der Waals surface area contributed by atoms with Crippen molar-refractivity contribution in [2.45, 2.75) is 16.3 Å². The smallest absolute Gasteiger partial charge is 0.416 e. The molecule has 1 N–H and O–H groups in total. The minimum absolute atomic E-state index is 0.184. The van der Waals surface area contributed by atoms with Crippen LogP contribution in [0.3, 0.4) is 0 Å². The van der Waals surface area contributed by atoms with Crippen LogP contribution in [-0.2, 0) is 19.0 Å². The van der Waals surface area contributed by atoms with Crippen LogP contribution in [0.5, 0.6) is 5.88 Å². The molecule has 0 atom stereocenters. The first-order valence-corrected chi connectivity index (χ1v) is 9.58. The number of anilines is 1. The van der Waals surface area contributed by atoms with Crippen molar-refractivity contribution >= 4 is 34.1 Å². The summed E-state index contributed by atoms with van der Waals surface area (Å²) >= 11 is 2.36. The van der Waals surface area contributed by atoms with Crippen molar-refractivity contribution < 1.29 is 22.7 Å². The molecule has 1 aromatic carbocycles. The molecule has 2 aromatic heterocycles. The van der Waals surface area contributed by atoms with E-state index in [2.05, 4.69) is 20.6 Å². The van der Waals surface area contributed by atoms with E-state index < -0.39 is 17.6 Å². The number of nitrogens with one attached hydrogen (secondary N) is 1. The second-order valence-electron chi connectivity index (χ2n) is 5.54. The van der Waals surface area contributed by atoms with Gasteiger partial charge in [-0.15, -0.1) is 15.3 Å². The number of thioether (sulfide) groups is 1. The van der Waals surface area contributed by atoms with E-state index in [-0.39, 0.29) is 16.6 Å². The Morgan fingerprint density at radius 3 is 2.86 bits per heavy atom. The number of aromatic nitrogens is 4. The van der Waals surface area contributed by atoms with E-state index >= 15 is 0 Å². The predicted molar refractivity (Wildman–Crippen MR) is 98.6 cm³/mol. The summed E-state index contributed by atoms with van der Waals surface area (Å²) in [5.41, 5.74) is 0.0697. The first-order chi connectivity index (χ1) is 13.3. The monoisotopic (exact) mass is 429 g/mol. The van der Waals surface area contributed by atoms with Gasteiger partial charge in [-0.05, 0) is 11.6 Å². The number of aryl methyl sites for hydroxylation is 1. The third-order valence-corrected chi connectivity index (χ3v) is 5.52. The van der Waals surface area contributed by atoms with Crippen LogP contribution in [0.4, 0.5) is 18.3 Å². The Morgan fingerprint density at radius 2 is 2.14 bits per heavy atom. The lowest BCUT2D eigenvalue weighted by atomic mass is 10.1. The first-order valence-electron chi connectivity index (χ1n) is 7.77. The second kappa shape index (κ2) is 8.19. The molecule has 0 saturated carbocycles. The number of carbonyl (C=O) groups is 1. The third-order valence-electron chi connectivity index (χ3n) is 3.48. The second-order valence-corrected chi connectivity index (χ2v) is 7.74. The van der Waals surface area contributed by atoms with Crippen LogP contribution in [-0.4, -0.2) is 33.0 Å². The number of hydrogen-bond donors (Lipinski definition) is 1. The predicted octanol–water partition coefficient (Wildman–Crippen LogP) is 3.84. The summed E-state index contributed by atoms with van der Waals surface area (Å²) in [4.78, 5) is 12.3. The van der Waals surface area contributed by atoms with Crippen molar-refractivity contribution in [3.63, 3.8) is 0 Å². The molecular formula is C16H14F3N5O2S2. The van der Waals surface area contributed by atoms with Gasteiger partial charge in [0.2, 0.25) is 11.0 Å². The lowest BCUT2D eigenvalue weighted by molar-refractivity contribution is -0.137. The van der Waals surface area contributed by atoms with Crippen LogP contribution in [0.2, 0.25) is 0 Å². The molecule has 0 spiro atoms. The van der Waals surface area contributed by atoms with Gasteiger partial charge in [0.05, 0.1) is 12.7 Å². The first kappa shape index (κ1) is 20.1. The fourth-order valence-electron chi connectivity index (χ4n) is 2.24. The summed E-state index contributed by atoms with van der Waals surface area (Å²) in [5, 5.41) is 14.7. The molecule has 3 aromatic rings. The molecule has 7 nitrogen and oxygen atoms in total. The van der Waals surface area contributed by atoms with Gasteiger partial charge in [-0.1, -0.05) is 41.3 Å². The molecule has 0 aliphatic rings. The van der Waals surface area contributed by atoms with Crippen LogP contribution in [0.15, 0.2) is 34.8 Å². The van der Waals surface area contributed by atoms with Crippen LogP contribution in [0.1, 0.15) is 21.5 Å². The van der Waals surface area contributed by atoms with E-state index in [0.717, 1.165) is 23.5 Å². The molecule has 0 saturated heterocycles. The highest BCUT2D eigenvalue weighted by molar-refractivity contribution is 8.00. The number of hydrogen-bond acceptors (Lipinski definition) is 7. The Kier molecular flexibility index (Phi) is 5.89. The Bertz CT molecular complexity index is 987. The van der Waals surface area contributed by atoms with Gasteiger partial charge in [-0.2, -0.15) is 13.2 Å². The topological polar surface area (TPSA) is 81.9 Å². The van der Waals surface area contributed by atoms with E-state index in [0.29, 0.717) is 15.7 Å². The highest BCUT2D eigenvalue weighted by Crippen LogP contribution is 2.32. The van der Waals surface area contributed by atoms with Crippen molar-refractivity contribution in [3.8, 4) is 5.88 Å². The zero-order chi connectivity index (χ0) is 20.3. The van der Waals surface area contributed by atoms with Crippen LogP contribution < -0.4 is 10.1 Å². The summed E-state index contributed by atoms with van der Waals surface area (Å²) in [6, 6.07) is 5.11. The SMILES string of the molecule is COc1nn(C)cc1C(=O)Nc1nnc(SCc2cccc(C(F)(F)F)c2)s1. The Morgan fingerprint density at radius 1 is 1.36 bits per heavy atom. The summed E-state index contributed by atoms with van der Waals surface area (Å²) in [6.07, 6.45) is -2.87. The molecule has 148 valence electrons. The molecule has 3 rings (SSSR count). The molecular weight excluding hydrogens is 415 g/mol. The van der Waals surface area contributed by atoms with Crippen LogP contribution >= 0.6 is 23.1 Å². The molecule has 0 radical (unpaired) electrons. The summed E-state index contributed by atoms with van der Waals surface area (Å²) < 4.78 is 45.3. The highest BCUT2D eigenvalue weighted by atomic mass is 32.2. The van der Waals surface area contributed by atoms with Gasteiger partial charge in [0, 0.05) is 19.0 Å². The summed E-state index contributed by atoms with van der Waals surface area (Å²) in [6.45, 7) is 0. The zero-order valence-corrected chi connectivity index (χ0v) is 16.3. The highest BCUT2D eigenvalue weighted by Gasteiger charge is 2.30. The zero-order valence-electron chi connectivity index (χ0n) is 14.6. The molecule has 0 aliphatic carbocycles. The van der Waals surface area contributed by atoms with Crippen molar-refractivity contribution in [1.82, 2.24) is 20.0 Å². The third kappa shape index (κ3) is 4.81. The number of alkyl halides is 3. The average Bonchev–Trinajstić information content (AvgIpc) is 3.25.